The van der Waals surface area contributed by atoms with Gasteiger partial charge in [0.15, 0.2) is 23.0 Å². The lowest BCUT2D eigenvalue weighted by Gasteiger charge is -2.23. The van der Waals surface area contributed by atoms with Crippen LogP contribution in [0.3, 0.4) is 0 Å². The summed E-state index contributed by atoms with van der Waals surface area (Å²) in [5, 5.41) is 12.0. The summed E-state index contributed by atoms with van der Waals surface area (Å²) in [6, 6.07) is 9.93. The smallest absolute Gasteiger partial charge is 0.254 e. The van der Waals surface area contributed by atoms with E-state index in [1.54, 1.807) is 6.07 Å². The van der Waals surface area contributed by atoms with Gasteiger partial charge in [-0.2, -0.15) is 5.10 Å². The fourth-order valence-electron chi connectivity index (χ4n) is 4.84. The molecule has 9 heteroatoms. The van der Waals surface area contributed by atoms with Gasteiger partial charge in [-0.15, -0.1) is 0 Å². The molecule has 2 saturated heterocycles. The second kappa shape index (κ2) is 8.55. The summed E-state index contributed by atoms with van der Waals surface area (Å²) < 4.78 is 16.6. The van der Waals surface area contributed by atoms with Crippen molar-refractivity contribution in [3.05, 3.63) is 41.6 Å². The standard InChI is InChI=1S/C24H27N5O4/c30-24(15-1-4-20-21(13-15)33-12-11-32-20)29-8-5-16(14-29)19-3-2-18-22(27-28-23(18)26-19)25-17-6-9-31-10-7-17/h1-4,13,16-17H,5-12,14H2,(H2,25,26,27,28)/t16-/m1/s1. The summed E-state index contributed by atoms with van der Waals surface area (Å²) in [5.41, 5.74) is 2.39. The molecule has 1 aromatic carbocycles. The Morgan fingerprint density at radius 2 is 1.88 bits per heavy atom. The van der Waals surface area contributed by atoms with Gasteiger partial charge in [0.2, 0.25) is 0 Å². The molecule has 0 aliphatic carbocycles. The van der Waals surface area contributed by atoms with E-state index < -0.39 is 0 Å². The Morgan fingerprint density at radius 3 is 2.76 bits per heavy atom. The summed E-state index contributed by atoms with van der Waals surface area (Å²) in [6.45, 7) is 3.96. The highest BCUT2D eigenvalue weighted by Gasteiger charge is 2.30. The molecule has 3 aliphatic rings. The maximum absolute atomic E-state index is 13.1. The second-order valence-electron chi connectivity index (χ2n) is 8.83. The number of likely N-dealkylation sites (tertiary alicyclic amines) is 1. The number of rotatable bonds is 4. The number of nitrogens with one attached hydrogen (secondary N) is 2. The Labute approximate surface area is 191 Å². The van der Waals surface area contributed by atoms with Crippen LogP contribution in [-0.2, 0) is 4.74 Å². The van der Waals surface area contributed by atoms with E-state index in [1.165, 1.54) is 0 Å². The van der Waals surface area contributed by atoms with Crippen molar-refractivity contribution in [3.8, 4) is 11.5 Å². The molecule has 0 bridgehead atoms. The van der Waals surface area contributed by atoms with E-state index in [0.29, 0.717) is 49.4 Å². The van der Waals surface area contributed by atoms with Crippen molar-refractivity contribution in [1.29, 1.82) is 0 Å². The van der Waals surface area contributed by atoms with Gasteiger partial charge >= 0.3 is 0 Å². The molecule has 0 saturated carbocycles. The monoisotopic (exact) mass is 449 g/mol. The number of H-pyrrole nitrogens is 1. The number of aromatic nitrogens is 3. The number of hydrogen-bond acceptors (Lipinski definition) is 7. The number of carbonyl (C=O) groups is 1. The molecule has 0 radical (unpaired) electrons. The zero-order chi connectivity index (χ0) is 22.2. The zero-order valence-electron chi connectivity index (χ0n) is 18.4. The lowest BCUT2D eigenvalue weighted by Crippen LogP contribution is -2.28. The first-order chi connectivity index (χ1) is 16.2. The average Bonchev–Trinajstić information content (AvgIpc) is 3.51. The summed E-state index contributed by atoms with van der Waals surface area (Å²) in [6.07, 6.45) is 2.85. The van der Waals surface area contributed by atoms with E-state index in [2.05, 4.69) is 27.6 Å². The number of carbonyl (C=O) groups excluding carboxylic acids is 1. The lowest BCUT2D eigenvalue weighted by molar-refractivity contribution is 0.0789. The minimum Gasteiger partial charge on any atom is -0.486 e. The van der Waals surface area contributed by atoms with Crippen LogP contribution in [0.25, 0.3) is 11.0 Å². The largest absolute Gasteiger partial charge is 0.486 e. The van der Waals surface area contributed by atoms with Crippen LogP contribution in [-0.4, -0.2) is 71.5 Å². The minimum absolute atomic E-state index is 0.0139. The topological polar surface area (TPSA) is 102 Å². The van der Waals surface area contributed by atoms with Gasteiger partial charge in [-0.3, -0.25) is 9.89 Å². The minimum atomic E-state index is 0.0139. The normalized spacial score (nSPS) is 20.8. The van der Waals surface area contributed by atoms with E-state index in [9.17, 15) is 4.79 Å². The molecule has 6 rings (SSSR count). The molecule has 172 valence electrons. The fourth-order valence-corrected chi connectivity index (χ4v) is 4.84. The number of aromatic amines is 1. The summed E-state index contributed by atoms with van der Waals surface area (Å²) in [7, 11) is 0. The van der Waals surface area contributed by atoms with Crippen LogP contribution in [0.5, 0.6) is 11.5 Å². The Hall–Kier alpha value is -3.33. The number of nitrogens with zero attached hydrogens (tertiary/aromatic N) is 3. The second-order valence-corrected chi connectivity index (χ2v) is 8.83. The van der Waals surface area contributed by atoms with Crippen molar-refractivity contribution in [2.45, 2.75) is 31.2 Å². The van der Waals surface area contributed by atoms with Crippen molar-refractivity contribution in [2.75, 3.05) is 44.8 Å². The Bertz CT molecular complexity index is 1170. The third kappa shape index (κ3) is 3.97. The van der Waals surface area contributed by atoms with E-state index in [4.69, 9.17) is 19.2 Å². The maximum Gasteiger partial charge on any atom is 0.254 e. The quantitative estimate of drug-likeness (QED) is 0.631. The molecule has 2 aromatic heterocycles. The van der Waals surface area contributed by atoms with Gasteiger partial charge in [-0.1, -0.05) is 0 Å². The van der Waals surface area contributed by atoms with Gasteiger partial charge in [0, 0.05) is 49.5 Å². The number of amides is 1. The highest BCUT2D eigenvalue weighted by Crippen LogP contribution is 2.33. The van der Waals surface area contributed by atoms with Crippen molar-refractivity contribution in [1.82, 2.24) is 20.1 Å². The number of anilines is 1. The van der Waals surface area contributed by atoms with Gasteiger partial charge in [0.1, 0.15) is 13.2 Å². The first kappa shape index (κ1) is 20.3. The van der Waals surface area contributed by atoms with E-state index >= 15 is 0 Å². The summed E-state index contributed by atoms with van der Waals surface area (Å²) in [5.74, 6) is 2.39. The SMILES string of the molecule is O=C(c1ccc2c(c1)OCCO2)N1CC[C@@H](c2ccc3c(NC4CCOCC4)n[nH]c3n2)C1. The first-order valence-electron chi connectivity index (χ1n) is 11.6. The van der Waals surface area contributed by atoms with Gasteiger partial charge in [0.05, 0.1) is 5.39 Å². The third-order valence-electron chi connectivity index (χ3n) is 6.69. The number of benzene rings is 1. The van der Waals surface area contributed by atoms with Crippen LogP contribution < -0.4 is 14.8 Å². The van der Waals surface area contributed by atoms with Crippen LogP contribution in [0.4, 0.5) is 5.82 Å². The van der Waals surface area contributed by atoms with Gasteiger partial charge < -0.3 is 24.4 Å². The lowest BCUT2D eigenvalue weighted by atomic mass is 10.0. The number of fused-ring (bicyclic) bond motifs is 2. The van der Waals surface area contributed by atoms with Crippen LogP contribution in [0.1, 0.15) is 41.2 Å². The van der Waals surface area contributed by atoms with Crippen molar-refractivity contribution in [2.24, 2.45) is 0 Å². The van der Waals surface area contributed by atoms with Gasteiger partial charge in [0.25, 0.3) is 5.91 Å². The molecule has 1 amide bonds. The Morgan fingerprint density at radius 1 is 1.03 bits per heavy atom. The number of hydrogen-bond donors (Lipinski definition) is 2. The van der Waals surface area contributed by atoms with Crippen LogP contribution >= 0.6 is 0 Å². The van der Waals surface area contributed by atoms with Gasteiger partial charge in [-0.05, 0) is 49.6 Å². The fraction of sp³-hybridized carbons (Fsp3) is 0.458. The van der Waals surface area contributed by atoms with Crippen LogP contribution in [0.15, 0.2) is 30.3 Å². The molecule has 2 N–H and O–H groups in total. The van der Waals surface area contributed by atoms with Gasteiger partial charge in [-0.25, -0.2) is 4.98 Å². The van der Waals surface area contributed by atoms with E-state index in [1.807, 2.05) is 17.0 Å². The number of pyridine rings is 1. The molecule has 3 aliphatic heterocycles. The highest BCUT2D eigenvalue weighted by atomic mass is 16.6. The summed E-state index contributed by atoms with van der Waals surface area (Å²) in [4.78, 5) is 19.8. The van der Waals surface area contributed by atoms with Crippen molar-refractivity contribution < 1.29 is 19.0 Å². The Balaban J connectivity index is 1.15. The highest BCUT2D eigenvalue weighted by molar-refractivity contribution is 5.95. The summed E-state index contributed by atoms with van der Waals surface area (Å²) >= 11 is 0. The number of ether oxygens (including phenoxy) is 3. The maximum atomic E-state index is 13.1. The molecule has 5 heterocycles. The molecule has 0 unspecified atom stereocenters. The Kier molecular flexibility index (Phi) is 5.26. The van der Waals surface area contributed by atoms with E-state index in [-0.39, 0.29) is 11.8 Å². The average molecular weight is 450 g/mol. The van der Waals surface area contributed by atoms with Crippen molar-refractivity contribution >= 4 is 22.8 Å². The van der Waals surface area contributed by atoms with Crippen LogP contribution in [0, 0.1) is 0 Å². The molecule has 2 fully saturated rings. The molecular weight excluding hydrogens is 422 g/mol. The molecule has 3 aromatic rings. The van der Waals surface area contributed by atoms with Crippen LogP contribution in [0.2, 0.25) is 0 Å². The molecule has 0 spiro atoms. The zero-order valence-corrected chi connectivity index (χ0v) is 18.4. The van der Waals surface area contributed by atoms with E-state index in [0.717, 1.165) is 55.0 Å². The molecule has 1 atom stereocenters. The predicted molar refractivity (Wildman–Crippen MR) is 122 cm³/mol. The third-order valence-corrected chi connectivity index (χ3v) is 6.69. The van der Waals surface area contributed by atoms with Crippen molar-refractivity contribution in [3.63, 3.8) is 0 Å². The predicted octanol–water partition coefficient (Wildman–Crippen LogP) is 2.95. The first-order valence-corrected chi connectivity index (χ1v) is 11.6. The molecule has 33 heavy (non-hydrogen) atoms. The molecular formula is C24H27N5O4. The molecule has 9 nitrogen and oxygen atoms in total.